The monoisotopic (exact) mass is 632 g/mol. The quantitative estimate of drug-likeness (QED) is 0.144. The van der Waals surface area contributed by atoms with Gasteiger partial charge in [0.25, 0.3) is 5.91 Å². The first kappa shape index (κ1) is 33.3. The lowest BCUT2D eigenvalue weighted by atomic mass is 9.81. The summed E-state index contributed by atoms with van der Waals surface area (Å²) in [6.45, 7) is 6.25. The molecule has 4 unspecified atom stereocenters. The molecule has 47 heavy (non-hydrogen) atoms. The maximum Gasteiger partial charge on any atom is 0.252 e. The number of fused-ring (bicyclic) bond motifs is 1. The molecule has 0 aromatic heterocycles. The minimum atomic E-state index is -0.981. The van der Waals surface area contributed by atoms with Gasteiger partial charge < -0.3 is 26.0 Å². The number of anilines is 2. The minimum absolute atomic E-state index is 0.142. The first-order valence-electron chi connectivity index (χ1n) is 16.4. The summed E-state index contributed by atoms with van der Waals surface area (Å²) < 4.78 is 6.09. The van der Waals surface area contributed by atoms with Crippen LogP contribution in [0, 0.1) is 17.8 Å². The van der Waals surface area contributed by atoms with E-state index in [1.807, 2.05) is 130 Å². The second kappa shape index (κ2) is 15.5. The number of benzene rings is 4. The van der Waals surface area contributed by atoms with Gasteiger partial charge in [-0.05, 0) is 66.3 Å². The lowest BCUT2D eigenvalue weighted by molar-refractivity contribution is -0.136. The van der Waals surface area contributed by atoms with Crippen LogP contribution in [0.3, 0.4) is 0 Å². The summed E-state index contributed by atoms with van der Waals surface area (Å²) >= 11 is 0. The van der Waals surface area contributed by atoms with E-state index >= 15 is 0 Å². The molecule has 8 nitrogen and oxygen atoms in total. The van der Waals surface area contributed by atoms with E-state index in [9.17, 15) is 14.4 Å². The Labute approximate surface area is 277 Å². The smallest absolute Gasteiger partial charge is 0.252 e. The number of rotatable bonds is 13. The highest BCUT2D eigenvalue weighted by atomic mass is 16.5. The number of carbonyl (C=O) groups excluding carboxylic acids is 3. The third kappa shape index (κ3) is 8.19. The van der Waals surface area contributed by atoms with Gasteiger partial charge in [0, 0.05) is 11.8 Å². The molecule has 0 aliphatic carbocycles. The molecule has 0 spiro atoms. The molecule has 1 heterocycles. The van der Waals surface area contributed by atoms with E-state index in [1.165, 1.54) is 0 Å². The van der Waals surface area contributed by atoms with Crippen LogP contribution in [0.2, 0.25) is 0 Å². The summed E-state index contributed by atoms with van der Waals surface area (Å²) in [5.41, 5.74) is 9.02. The van der Waals surface area contributed by atoms with Gasteiger partial charge in [-0.25, -0.2) is 0 Å². The average molecular weight is 633 g/mol. The molecule has 4 aromatic rings. The van der Waals surface area contributed by atoms with E-state index in [0.717, 1.165) is 16.8 Å². The van der Waals surface area contributed by atoms with Gasteiger partial charge in [-0.15, -0.1) is 0 Å². The van der Waals surface area contributed by atoms with Crippen molar-refractivity contribution >= 4 is 29.1 Å². The highest BCUT2D eigenvalue weighted by Gasteiger charge is 2.41. The van der Waals surface area contributed by atoms with Crippen LogP contribution in [0.4, 0.5) is 11.4 Å². The Morgan fingerprint density at radius 3 is 2.21 bits per heavy atom. The average Bonchev–Trinajstić information content (AvgIpc) is 3.18. The normalized spacial score (nSPS) is 17.2. The van der Waals surface area contributed by atoms with E-state index in [2.05, 4.69) is 10.6 Å². The van der Waals surface area contributed by atoms with Gasteiger partial charge in [0.2, 0.25) is 11.8 Å². The van der Waals surface area contributed by atoms with Crippen molar-refractivity contribution in [1.29, 1.82) is 0 Å². The van der Waals surface area contributed by atoms with Crippen LogP contribution in [0.25, 0.3) is 0 Å². The molecular weight excluding hydrogens is 588 g/mol. The zero-order valence-electron chi connectivity index (χ0n) is 27.3. The molecule has 4 N–H and O–H groups in total. The Balaban J connectivity index is 1.53. The number of ether oxygens (including phenoxy) is 1. The van der Waals surface area contributed by atoms with Crippen LogP contribution < -0.4 is 26.0 Å². The second-order valence-electron chi connectivity index (χ2n) is 12.6. The molecule has 0 saturated heterocycles. The molecule has 244 valence electrons. The predicted molar refractivity (Wildman–Crippen MR) is 186 cm³/mol. The standard InChI is InChI=1S/C39H44N4O4/c1-4-14-31(37(40)44)32(23-26(2)3)38(45)42-36-35(28-16-7-5-8-17-28)41-33-21-11-12-22-34(33)43(39(36)46)25-27-15-13-20-30(24-27)47-29-18-9-6-10-19-29/h5-13,15-22,24,26,31-32,35-36,41H,4,14,23,25H2,1-3H3,(H2,40,44)(H,42,45). The Morgan fingerprint density at radius 1 is 0.872 bits per heavy atom. The molecule has 3 amide bonds. The van der Waals surface area contributed by atoms with Crippen LogP contribution in [-0.2, 0) is 20.9 Å². The Bertz CT molecular complexity index is 1660. The number of nitrogens with two attached hydrogens (primary N) is 1. The van der Waals surface area contributed by atoms with E-state index in [1.54, 1.807) is 4.90 Å². The van der Waals surface area contributed by atoms with Crippen LogP contribution in [0.15, 0.2) is 109 Å². The van der Waals surface area contributed by atoms with Crippen molar-refractivity contribution < 1.29 is 19.1 Å². The summed E-state index contributed by atoms with van der Waals surface area (Å²) in [5.74, 6) is -0.900. The Hall–Kier alpha value is -5.11. The Kier molecular flexibility index (Phi) is 10.9. The van der Waals surface area contributed by atoms with Gasteiger partial charge in [0.1, 0.15) is 17.5 Å². The summed E-state index contributed by atoms with van der Waals surface area (Å²) in [7, 11) is 0. The lowest BCUT2D eigenvalue weighted by Gasteiger charge is -2.32. The number of para-hydroxylation sites is 3. The van der Waals surface area contributed by atoms with Gasteiger partial charge in [-0.1, -0.05) is 100.0 Å². The fourth-order valence-corrected chi connectivity index (χ4v) is 6.34. The van der Waals surface area contributed by atoms with Crippen LogP contribution in [0.1, 0.15) is 57.2 Å². The fourth-order valence-electron chi connectivity index (χ4n) is 6.34. The summed E-state index contributed by atoms with van der Waals surface area (Å²) in [6.07, 6.45) is 1.68. The van der Waals surface area contributed by atoms with Gasteiger partial charge in [-0.2, -0.15) is 0 Å². The van der Waals surface area contributed by atoms with Crippen molar-refractivity contribution in [3.63, 3.8) is 0 Å². The van der Waals surface area contributed by atoms with E-state index in [-0.39, 0.29) is 24.3 Å². The summed E-state index contributed by atoms with van der Waals surface area (Å²) in [6, 6.07) is 32.9. The summed E-state index contributed by atoms with van der Waals surface area (Å²) in [5, 5.41) is 6.71. The van der Waals surface area contributed by atoms with E-state index in [4.69, 9.17) is 10.5 Å². The van der Waals surface area contributed by atoms with Crippen molar-refractivity contribution in [1.82, 2.24) is 5.32 Å². The molecule has 4 aromatic carbocycles. The predicted octanol–water partition coefficient (Wildman–Crippen LogP) is 7.23. The molecule has 5 rings (SSSR count). The van der Waals surface area contributed by atoms with Gasteiger partial charge >= 0.3 is 0 Å². The van der Waals surface area contributed by atoms with Crippen LogP contribution in [0.5, 0.6) is 11.5 Å². The Morgan fingerprint density at radius 2 is 1.53 bits per heavy atom. The molecule has 1 aliphatic heterocycles. The number of amides is 3. The maximum absolute atomic E-state index is 14.8. The van der Waals surface area contributed by atoms with Crippen molar-refractivity contribution in [2.75, 3.05) is 10.2 Å². The number of nitrogens with zero attached hydrogens (tertiary/aromatic N) is 1. The maximum atomic E-state index is 14.8. The number of primary amides is 1. The molecule has 0 radical (unpaired) electrons. The highest BCUT2D eigenvalue weighted by Crippen LogP contribution is 2.37. The fraction of sp³-hybridized carbons (Fsp3) is 0.308. The van der Waals surface area contributed by atoms with Crippen molar-refractivity contribution in [2.24, 2.45) is 23.5 Å². The molecule has 0 fully saturated rings. The third-order valence-electron chi connectivity index (χ3n) is 8.56. The van der Waals surface area contributed by atoms with Crippen molar-refractivity contribution in [2.45, 2.75) is 58.7 Å². The topological polar surface area (TPSA) is 114 Å². The zero-order chi connectivity index (χ0) is 33.3. The summed E-state index contributed by atoms with van der Waals surface area (Å²) in [4.78, 5) is 43.4. The largest absolute Gasteiger partial charge is 0.457 e. The molecule has 8 heteroatoms. The molecule has 0 bridgehead atoms. The third-order valence-corrected chi connectivity index (χ3v) is 8.56. The lowest BCUT2D eigenvalue weighted by Crippen LogP contribution is -2.54. The number of hydrogen-bond donors (Lipinski definition) is 3. The number of hydrogen-bond acceptors (Lipinski definition) is 5. The van der Waals surface area contributed by atoms with E-state index in [0.29, 0.717) is 36.4 Å². The van der Waals surface area contributed by atoms with Crippen molar-refractivity contribution in [3.05, 3.63) is 120 Å². The van der Waals surface area contributed by atoms with Gasteiger partial charge in [0.15, 0.2) is 0 Å². The highest BCUT2D eigenvalue weighted by molar-refractivity contribution is 6.04. The second-order valence-corrected chi connectivity index (χ2v) is 12.6. The first-order valence-corrected chi connectivity index (χ1v) is 16.4. The molecular formula is C39H44N4O4. The number of nitrogens with one attached hydrogen (secondary N) is 2. The van der Waals surface area contributed by atoms with E-state index < -0.39 is 29.8 Å². The zero-order valence-corrected chi connectivity index (χ0v) is 27.3. The number of carbonyl (C=O) groups is 3. The van der Waals surface area contributed by atoms with Crippen LogP contribution in [-0.4, -0.2) is 23.8 Å². The van der Waals surface area contributed by atoms with Gasteiger partial charge in [-0.3, -0.25) is 14.4 Å². The minimum Gasteiger partial charge on any atom is -0.457 e. The molecule has 4 atom stereocenters. The first-order chi connectivity index (χ1) is 22.7. The molecule has 1 aliphatic rings. The SMILES string of the molecule is CCCC(C(N)=O)C(CC(C)C)C(=O)NC1C(=O)N(Cc2cccc(Oc3ccccc3)c2)c2ccccc2NC1c1ccccc1. The molecule has 0 saturated carbocycles. The van der Waals surface area contributed by atoms with Gasteiger partial charge in [0.05, 0.1) is 24.0 Å². The van der Waals surface area contributed by atoms with Crippen molar-refractivity contribution in [3.8, 4) is 11.5 Å². The van der Waals surface area contributed by atoms with Crippen LogP contribution >= 0.6 is 0 Å².